The normalized spacial score (nSPS) is 10.8. The van der Waals surface area contributed by atoms with E-state index < -0.39 is 0 Å². The highest BCUT2D eigenvalue weighted by molar-refractivity contribution is 7.98. The minimum atomic E-state index is -0.234. The molecule has 6 nitrogen and oxygen atoms in total. The topological polar surface area (TPSA) is 81.1 Å². The molecule has 0 fully saturated rings. The van der Waals surface area contributed by atoms with Gasteiger partial charge in [-0.1, -0.05) is 6.07 Å². The minimum absolute atomic E-state index is 0.101. The number of rotatable bonds is 5. The van der Waals surface area contributed by atoms with Crippen molar-refractivity contribution in [2.45, 2.75) is 18.4 Å². The van der Waals surface area contributed by atoms with Crippen molar-refractivity contribution < 1.29 is 9.59 Å². The second-order valence-electron chi connectivity index (χ2n) is 5.34. The van der Waals surface area contributed by atoms with E-state index in [1.807, 2.05) is 6.26 Å². The van der Waals surface area contributed by atoms with Crippen molar-refractivity contribution in [2.24, 2.45) is 0 Å². The number of benzene rings is 1. The van der Waals surface area contributed by atoms with E-state index in [2.05, 4.69) is 10.3 Å². The fourth-order valence-corrected chi connectivity index (χ4v) is 3.68. The van der Waals surface area contributed by atoms with Crippen LogP contribution in [0.4, 0.5) is 5.69 Å². The van der Waals surface area contributed by atoms with E-state index in [0.29, 0.717) is 21.5 Å². The first kappa shape index (κ1) is 17.4. The molecule has 1 N–H and O–H groups in total. The molecule has 0 aliphatic rings. The van der Waals surface area contributed by atoms with Gasteiger partial charge < -0.3 is 5.32 Å². The molecule has 3 aromatic rings. The van der Waals surface area contributed by atoms with E-state index in [1.165, 1.54) is 40.9 Å². The smallest absolute Gasteiger partial charge is 0.262 e. The fourth-order valence-electron chi connectivity index (χ4n) is 2.42. The molecule has 8 heteroatoms. The third-order valence-corrected chi connectivity index (χ3v) is 5.21. The van der Waals surface area contributed by atoms with Crippen molar-refractivity contribution in [3.05, 3.63) is 51.9 Å². The molecule has 25 heavy (non-hydrogen) atoms. The Labute approximate surface area is 151 Å². The molecule has 2 heterocycles. The standard InChI is InChI=1S/C17H15N3O3S2/c1-10(21)19-13-7-11(3-4-15(13)24-2)14(22)8-20-9-18-16-12(17(20)23)5-6-25-16/h3-7,9H,8H2,1-2H3,(H,19,21). The second-order valence-corrected chi connectivity index (χ2v) is 7.08. The molecule has 0 saturated heterocycles. The largest absolute Gasteiger partial charge is 0.325 e. The van der Waals surface area contributed by atoms with Gasteiger partial charge in [0.15, 0.2) is 5.78 Å². The first-order valence-electron chi connectivity index (χ1n) is 7.41. The number of thioether (sulfide) groups is 1. The third kappa shape index (κ3) is 3.64. The quantitative estimate of drug-likeness (QED) is 0.549. The van der Waals surface area contributed by atoms with Crippen molar-refractivity contribution in [1.29, 1.82) is 0 Å². The Balaban J connectivity index is 1.91. The van der Waals surface area contributed by atoms with Gasteiger partial charge in [-0.15, -0.1) is 23.1 Å². The summed E-state index contributed by atoms with van der Waals surface area (Å²) in [6.07, 6.45) is 3.29. The lowest BCUT2D eigenvalue weighted by Gasteiger charge is -2.10. The van der Waals surface area contributed by atoms with Gasteiger partial charge in [0, 0.05) is 17.4 Å². The van der Waals surface area contributed by atoms with E-state index in [4.69, 9.17) is 0 Å². The fraction of sp³-hybridized carbons (Fsp3) is 0.176. The second kappa shape index (κ2) is 7.20. The van der Waals surface area contributed by atoms with Gasteiger partial charge in [0.2, 0.25) is 5.91 Å². The number of nitrogens with one attached hydrogen (secondary N) is 1. The Hall–Kier alpha value is -2.45. The molecular formula is C17H15N3O3S2. The first-order chi connectivity index (χ1) is 12.0. The molecule has 0 bridgehead atoms. The average molecular weight is 373 g/mol. The van der Waals surface area contributed by atoms with E-state index in [1.54, 1.807) is 29.6 Å². The summed E-state index contributed by atoms with van der Waals surface area (Å²) in [6.45, 7) is 1.32. The van der Waals surface area contributed by atoms with Crippen LogP contribution in [0.5, 0.6) is 0 Å². The number of carbonyl (C=O) groups excluding carboxylic acids is 2. The van der Waals surface area contributed by atoms with Crippen LogP contribution < -0.4 is 10.9 Å². The molecule has 0 atom stereocenters. The zero-order valence-corrected chi connectivity index (χ0v) is 15.2. The lowest BCUT2D eigenvalue weighted by atomic mass is 10.1. The maximum absolute atomic E-state index is 12.6. The highest BCUT2D eigenvalue weighted by atomic mass is 32.2. The summed E-state index contributed by atoms with van der Waals surface area (Å²) >= 11 is 2.86. The predicted molar refractivity (Wildman–Crippen MR) is 101 cm³/mol. The maximum atomic E-state index is 12.6. The van der Waals surface area contributed by atoms with Crippen molar-refractivity contribution in [1.82, 2.24) is 9.55 Å². The van der Waals surface area contributed by atoms with Crippen LogP contribution in [0.2, 0.25) is 0 Å². The minimum Gasteiger partial charge on any atom is -0.325 e. The lowest BCUT2D eigenvalue weighted by Crippen LogP contribution is -2.24. The number of nitrogens with zero attached hydrogens (tertiary/aromatic N) is 2. The first-order valence-corrected chi connectivity index (χ1v) is 9.51. The average Bonchev–Trinajstić information content (AvgIpc) is 3.06. The number of thiophene rings is 1. The van der Waals surface area contributed by atoms with E-state index in [-0.39, 0.29) is 23.8 Å². The monoisotopic (exact) mass is 373 g/mol. The Morgan fingerprint density at radius 3 is 2.84 bits per heavy atom. The summed E-state index contributed by atoms with van der Waals surface area (Å²) in [5.41, 5.74) is 0.783. The van der Waals surface area contributed by atoms with Crippen LogP contribution in [0.25, 0.3) is 10.2 Å². The summed E-state index contributed by atoms with van der Waals surface area (Å²) in [5.74, 6) is -0.430. The summed E-state index contributed by atoms with van der Waals surface area (Å²) in [5, 5.41) is 5.03. The number of aromatic nitrogens is 2. The number of hydrogen-bond donors (Lipinski definition) is 1. The summed E-state index contributed by atoms with van der Waals surface area (Å²) in [7, 11) is 0. The van der Waals surface area contributed by atoms with Crippen LogP contribution in [0.15, 0.2) is 45.7 Å². The van der Waals surface area contributed by atoms with E-state index in [9.17, 15) is 14.4 Å². The number of Topliss-reactive ketones (excluding diaryl/α,β-unsaturated/α-hetero) is 1. The Bertz CT molecular complexity index is 1020. The maximum Gasteiger partial charge on any atom is 0.262 e. The molecule has 0 aliphatic heterocycles. The van der Waals surface area contributed by atoms with Gasteiger partial charge in [0.1, 0.15) is 4.83 Å². The summed E-state index contributed by atoms with van der Waals surface area (Å²) in [6, 6.07) is 6.82. The van der Waals surface area contributed by atoms with Gasteiger partial charge in [-0.2, -0.15) is 0 Å². The molecule has 0 spiro atoms. The van der Waals surface area contributed by atoms with Crippen molar-refractivity contribution >= 4 is 50.7 Å². The van der Waals surface area contributed by atoms with E-state index >= 15 is 0 Å². The van der Waals surface area contributed by atoms with Crippen molar-refractivity contribution in [3.63, 3.8) is 0 Å². The predicted octanol–water partition coefficient (Wildman–Crippen LogP) is 3.02. The number of hydrogen-bond acceptors (Lipinski definition) is 6. The SMILES string of the molecule is CSc1ccc(C(=O)Cn2cnc3sccc3c2=O)cc1NC(C)=O. The molecule has 1 aromatic carbocycles. The molecule has 2 aromatic heterocycles. The molecule has 0 radical (unpaired) electrons. The third-order valence-electron chi connectivity index (χ3n) is 3.60. The highest BCUT2D eigenvalue weighted by Crippen LogP contribution is 2.27. The molecule has 0 saturated carbocycles. The van der Waals surface area contributed by atoms with Crippen LogP contribution in [-0.2, 0) is 11.3 Å². The zero-order chi connectivity index (χ0) is 18.0. The molecule has 1 amide bonds. The van der Waals surface area contributed by atoms with Gasteiger partial charge in [0.25, 0.3) is 5.56 Å². The highest BCUT2D eigenvalue weighted by Gasteiger charge is 2.13. The van der Waals surface area contributed by atoms with Crippen molar-refractivity contribution in [2.75, 3.05) is 11.6 Å². The van der Waals surface area contributed by atoms with Gasteiger partial charge >= 0.3 is 0 Å². The molecular weight excluding hydrogens is 358 g/mol. The molecule has 0 aliphatic carbocycles. The molecule has 128 valence electrons. The Morgan fingerprint density at radius 1 is 1.32 bits per heavy atom. The van der Waals surface area contributed by atoms with Crippen LogP contribution in [0.3, 0.4) is 0 Å². The Kier molecular flexibility index (Phi) is 5.00. The van der Waals surface area contributed by atoms with Crippen LogP contribution in [0, 0.1) is 0 Å². The number of ketones is 1. The van der Waals surface area contributed by atoms with Crippen LogP contribution in [-0.4, -0.2) is 27.5 Å². The van der Waals surface area contributed by atoms with E-state index in [0.717, 1.165) is 4.90 Å². The number of carbonyl (C=O) groups is 2. The van der Waals surface area contributed by atoms with Crippen molar-refractivity contribution in [3.8, 4) is 0 Å². The Morgan fingerprint density at radius 2 is 2.12 bits per heavy atom. The van der Waals surface area contributed by atoms with Gasteiger partial charge in [0.05, 0.1) is 23.9 Å². The number of amides is 1. The van der Waals surface area contributed by atoms with Gasteiger partial charge in [-0.25, -0.2) is 4.98 Å². The van der Waals surface area contributed by atoms with Gasteiger partial charge in [-0.05, 0) is 29.8 Å². The lowest BCUT2D eigenvalue weighted by molar-refractivity contribution is -0.114. The molecule has 0 unspecified atom stereocenters. The van der Waals surface area contributed by atoms with Crippen LogP contribution >= 0.6 is 23.1 Å². The summed E-state index contributed by atoms with van der Waals surface area (Å²) in [4.78, 5) is 42.0. The van der Waals surface area contributed by atoms with Gasteiger partial charge in [-0.3, -0.25) is 19.0 Å². The number of anilines is 1. The number of fused-ring (bicyclic) bond motifs is 1. The zero-order valence-electron chi connectivity index (χ0n) is 13.6. The molecule has 3 rings (SSSR count). The van der Waals surface area contributed by atoms with Crippen LogP contribution in [0.1, 0.15) is 17.3 Å². The summed E-state index contributed by atoms with van der Waals surface area (Å²) < 4.78 is 1.30.